The van der Waals surface area contributed by atoms with Crippen molar-refractivity contribution in [2.75, 3.05) is 12.9 Å². The van der Waals surface area contributed by atoms with E-state index < -0.39 is 0 Å². The van der Waals surface area contributed by atoms with Gasteiger partial charge in [-0.25, -0.2) is 0 Å². The van der Waals surface area contributed by atoms with Gasteiger partial charge in [0, 0.05) is 22.1 Å². The summed E-state index contributed by atoms with van der Waals surface area (Å²) in [6, 6.07) is 14.9. The quantitative estimate of drug-likeness (QED) is 0.281. The minimum absolute atomic E-state index is 0.0491. The predicted octanol–water partition coefficient (Wildman–Crippen LogP) is 5.75. The highest BCUT2D eigenvalue weighted by Gasteiger charge is 2.22. The first kappa shape index (κ1) is 22.4. The van der Waals surface area contributed by atoms with Crippen molar-refractivity contribution < 1.29 is 14.3 Å². The molecule has 0 spiro atoms. The maximum Gasteiger partial charge on any atom is 0.192 e. The Morgan fingerprint density at radius 1 is 1.10 bits per heavy atom. The zero-order chi connectivity index (χ0) is 21.7. The highest BCUT2D eigenvalue weighted by atomic mass is 79.9. The van der Waals surface area contributed by atoms with Gasteiger partial charge in [-0.1, -0.05) is 45.9 Å². The minimum Gasteiger partial charge on any atom is -0.497 e. The molecule has 0 aliphatic rings. The number of ether oxygens (including phenoxy) is 2. The monoisotopic (exact) mass is 489 g/mol. The van der Waals surface area contributed by atoms with E-state index in [0.29, 0.717) is 22.3 Å². The van der Waals surface area contributed by atoms with Gasteiger partial charge in [-0.05, 0) is 45.0 Å². The molecule has 6 nitrogen and oxygen atoms in total. The van der Waals surface area contributed by atoms with Crippen molar-refractivity contribution in [3.63, 3.8) is 0 Å². The fraction of sp³-hybridized carbons (Fsp3) is 0.318. The van der Waals surface area contributed by atoms with Gasteiger partial charge >= 0.3 is 0 Å². The molecule has 0 saturated carbocycles. The summed E-state index contributed by atoms with van der Waals surface area (Å²) in [4.78, 5) is 12.5. The van der Waals surface area contributed by atoms with E-state index in [-0.39, 0.29) is 23.7 Å². The van der Waals surface area contributed by atoms with Gasteiger partial charge in [0.15, 0.2) is 22.9 Å². The van der Waals surface area contributed by atoms with E-state index in [2.05, 4.69) is 40.0 Å². The van der Waals surface area contributed by atoms with E-state index in [1.54, 1.807) is 7.11 Å². The molecule has 3 aromatic rings. The van der Waals surface area contributed by atoms with Gasteiger partial charge in [-0.3, -0.25) is 4.79 Å². The molecular weight excluding hydrogens is 466 g/mol. The number of hydrogen-bond donors (Lipinski definition) is 0. The molecule has 1 heterocycles. The normalized spacial score (nSPS) is 12.1. The number of halogens is 1. The lowest BCUT2D eigenvalue weighted by molar-refractivity contribution is 0.102. The van der Waals surface area contributed by atoms with E-state index in [0.717, 1.165) is 10.2 Å². The third-order valence-corrected chi connectivity index (χ3v) is 5.90. The zero-order valence-electron chi connectivity index (χ0n) is 17.3. The van der Waals surface area contributed by atoms with Gasteiger partial charge in [-0.2, -0.15) is 0 Å². The first-order valence-corrected chi connectivity index (χ1v) is 11.3. The number of ketones is 1. The van der Waals surface area contributed by atoms with E-state index in [9.17, 15) is 4.79 Å². The molecule has 1 aromatic heterocycles. The molecule has 0 aliphatic heterocycles. The number of hydrogen-bond acceptors (Lipinski definition) is 6. The molecule has 158 valence electrons. The summed E-state index contributed by atoms with van der Waals surface area (Å²) >= 11 is 4.77. The van der Waals surface area contributed by atoms with Crippen molar-refractivity contribution in [3.8, 4) is 11.5 Å². The standard InChI is InChI=1S/C22H24BrN3O3S/c1-14(2)26-21(15(3)29-19-7-5-6-18(12-19)28-4)24-25-22(26)30-13-20(27)16-8-10-17(23)11-9-16/h5-12,14-15H,13H2,1-4H3. The van der Waals surface area contributed by atoms with Gasteiger partial charge in [0.05, 0.1) is 12.9 Å². The number of methoxy groups -OCH3 is 1. The number of aromatic nitrogens is 3. The first-order chi connectivity index (χ1) is 14.4. The van der Waals surface area contributed by atoms with Crippen LogP contribution in [0.4, 0.5) is 0 Å². The molecule has 0 N–H and O–H groups in total. The molecule has 1 atom stereocenters. The molecule has 0 amide bonds. The lowest BCUT2D eigenvalue weighted by Crippen LogP contribution is -2.14. The van der Waals surface area contributed by atoms with Crippen LogP contribution in [-0.2, 0) is 0 Å². The predicted molar refractivity (Wildman–Crippen MR) is 122 cm³/mol. The lowest BCUT2D eigenvalue weighted by Gasteiger charge is -2.19. The van der Waals surface area contributed by atoms with Gasteiger partial charge in [0.1, 0.15) is 11.5 Å². The molecule has 0 radical (unpaired) electrons. The molecule has 0 saturated heterocycles. The van der Waals surface area contributed by atoms with E-state index in [4.69, 9.17) is 9.47 Å². The van der Waals surface area contributed by atoms with Gasteiger partial charge in [-0.15, -0.1) is 10.2 Å². The molecule has 1 unspecified atom stereocenters. The van der Waals surface area contributed by atoms with Crippen molar-refractivity contribution in [1.82, 2.24) is 14.8 Å². The van der Waals surface area contributed by atoms with Crippen LogP contribution in [0.15, 0.2) is 58.2 Å². The van der Waals surface area contributed by atoms with Crippen LogP contribution in [0.5, 0.6) is 11.5 Å². The fourth-order valence-corrected chi connectivity index (χ4v) is 4.16. The molecule has 0 aliphatic carbocycles. The van der Waals surface area contributed by atoms with Gasteiger partial charge in [0.2, 0.25) is 0 Å². The van der Waals surface area contributed by atoms with Crippen LogP contribution in [0, 0.1) is 0 Å². The van der Waals surface area contributed by atoms with Crippen molar-refractivity contribution in [2.45, 2.75) is 38.1 Å². The maximum atomic E-state index is 12.5. The summed E-state index contributed by atoms with van der Waals surface area (Å²) in [6.45, 7) is 6.06. The zero-order valence-corrected chi connectivity index (χ0v) is 19.7. The molecular formula is C22H24BrN3O3S. The number of nitrogens with zero attached hydrogens (tertiary/aromatic N) is 3. The Hall–Kier alpha value is -2.32. The van der Waals surface area contributed by atoms with Crippen LogP contribution in [0.1, 0.15) is 49.1 Å². The summed E-state index contributed by atoms with van der Waals surface area (Å²) in [7, 11) is 1.62. The first-order valence-electron chi connectivity index (χ1n) is 9.56. The summed E-state index contributed by atoms with van der Waals surface area (Å²) in [5.41, 5.74) is 0.677. The average Bonchev–Trinajstić information content (AvgIpc) is 3.17. The van der Waals surface area contributed by atoms with Crippen molar-refractivity contribution in [1.29, 1.82) is 0 Å². The van der Waals surface area contributed by atoms with Gasteiger partial charge < -0.3 is 14.0 Å². The summed E-state index contributed by atoms with van der Waals surface area (Å²) in [5, 5.41) is 9.38. The Morgan fingerprint density at radius 3 is 2.47 bits per heavy atom. The number of thioether (sulfide) groups is 1. The molecule has 0 fully saturated rings. The van der Waals surface area contributed by atoms with E-state index >= 15 is 0 Å². The van der Waals surface area contributed by atoms with E-state index in [1.807, 2.05) is 60.0 Å². The van der Waals surface area contributed by atoms with E-state index in [1.165, 1.54) is 11.8 Å². The lowest BCUT2D eigenvalue weighted by atomic mass is 10.2. The summed E-state index contributed by atoms with van der Waals surface area (Å²) in [5.74, 6) is 2.48. The van der Waals surface area contributed by atoms with Crippen molar-refractivity contribution >= 4 is 33.5 Å². The summed E-state index contributed by atoms with van der Waals surface area (Å²) < 4.78 is 14.3. The third kappa shape index (κ3) is 5.43. The fourth-order valence-electron chi connectivity index (χ4n) is 2.93. The smallest absolute Gasteiger partial charge is 0.192 e. The highest BCUT2D eigenvalue weighted by molar-refractivity contribution is 9.10. The molecule has 30 heavy (non-hydrogen) atoms. The molecule has 3 rings (SSSR count). The molecule has 2 aromatic carbocycles. The van der Waals surface area contributed by atoms with Crippen molar-refractivity contribution in [3.05, 3.63) is 64.4 Å². The maximum absolute atomic E-state index is 12.5. The summed E-state index contributed by atoms with van der Waals surface area (Å²) in [6.07, 6.45) is -0.316. The second-order valence-electron chi connectivity index (χ2n) is 6.96. The molecule has 0 bridgehead atoms. The number of carbonyl (C=O) groups excluding carboxylic acids is 1. The average molecular weight is 490 g/mol. The Kier molecular flexibility index (Phi) is 7.55. The molecule has 8 heteroatoms. The third-order valence-electron chi connectivity index (χ3n) is 4.42. The van der Waals surface area contributed by atoms with Crippen LogP contribution in [0.3, 0.4) is 0 Å². The Morgan fingerprint density at radius 2 is 1.80 bits per heavy atom. The van der Waals surface area contributed by atoms with Crippen LogP contribution in [0.25, 0.3) is 0 Å². The number of rotatable bonds is 9. The second-order valence-corrected chi connectivity index (χ2v) is 8.82. The Balaban J connectivity index is 1.74. The largest absolute Gasteiger partial charge is 0.497 e. The number of Topliss-reactive ketones (excluding diaryl/α,β-unsaturated/α-hetero) is 1. The Labute approximate surface area is 189 Å². The minimum atomic E-state index is -0.316. The Bertz CT molecular complexity index is 1010. The van der Waals surface area contributed by atoms with Crippen LogP contribution in [0.2, 0.25) is 0 Å². The highest BCUT2D eigenvalue weighted by Crippen LogP contribution is 2.29. The SMILES string of the molecule is COc1cccc(OC(C)c2nnc(SCC(=O)c3ccc(Br)cc3)n2C(C)C)c1. The van der Waals surface area contributed by atoms with Crippen molar-refractivity contribution in [2.24, 2.45) is 0 Å². The van der Waals surface area contributed by atoms with Crippen LogP contribution < -0.4 is 9.47 Å². The number of benzene rings is 2. The van der Waals surface area contributed by atoms with Crippen LogP contribution >= 0.6 is 27.7 Å². The van der Waals surface area contributed by atoms with Crippen LogP contribution in [-0.4, -0.2) is 33.4 Å². The second kappa shape index (κ2) is 10.1. The number of carbonyl (C=O) groups is 1. The van der Waals surface area contributed by atoms with Gasteiger partial charge in [0.25, 0.3) is 0 Å². The topological polar surface area (TPSA) is 66.2 Å².